The lowest BCUT2D eigenvalue weighted by molar-refractivity contribution is -0.00944. The van der Waals surface area contributed by atoms with Crippen LogP contribution < -0.4 is 5.73 Å². The molecule has 112 valence electrons. The summed E-state index contributed by atoms with van der Waals surface area (Å²) in [7, 11) is 0. The molecule has 0 unspecified atom stereocenters. The molecule has 0 aliphatic heterocycles. The van der Waals surface area contributed by atoms with Crippen molar-refractivity contribution in [3.05, 3.63) is 15.1 Å². The number of nitrogens with two attached hydrogens (primary N) is 1. The molecule has 6 rings (SSSR count). The molecule has 0 atom stereocenters. The minimum atomic E-state index is 0.275. The third-order valence-corrected chi connectivity index (χ3v) is 7.48. The van der Waals surface area contributed by atoms with Gasteiger partial charge in [-0.1, -0.05) is 0 Å². The summed E-state index contributed by atoms with van der Waals surface area (Å²) in [6.07, 6.45) is 10.9. The molecule has 1 aromatic heterocycles. The van der Waals surface area contributed by atoms with Gasteiger partial charge in [0.2, 0.25) is 0 Å². The van der Waals surface area contributed by atoms with Crippen molar-refractivity contribution in [3.8, 4) is 0 Å². The molecule has 1 heterocycles. The van der Waals surface area contributed by atoms with E-state index in [1.54, 1.807) is 0 Å². The number of hydrogen-bond acceptors (Lipinski definition) is 3. The summed E-state index contributed by atoms with van der Waals surface area (Å²) in [6.45, 7) is 0. The average Bonchev–Trinajstić information content (AvgIpc) is 3.24. The summed E-state index contributed by atoms with van der Waals surface area (Å²) in [5, 5.41) is 0. The van der Waals surface area contributed by atoms with Gasteiger partial charge >= 0.3 is 0 Å². The van der Waals surface area contributed by atoms with Crippen LogP contribution in [0.2, 0.25) is 0 Å². The lowest BCUT2D eigenvalue weighted by atomic mass is 9.49. The molecule has 0 radical (unpaired) electrons. The third-order valence-electron chi connectivity index (χ3n) is 6.38. The fraction of sp³-hybridized carbons (Fsp3) is 0.765. The highest BCUT2D eigenvalue weighted by molar-refractivity contribution is 14.1. The van der Waals surface area contributed by atoms with E-state index in [1.807, 2.05) is 0 Å². The van der Waals surface area contributed by atoms with Gasteiger partial charge in [-0.15, -0.1) is 0 Å². The summed E-state index contributed by atoms with van der Waals surface area (Å²) in [5.74, 6) is 5.31. The molecule has 5 aliphatic rings. The molecule has 5 fully saturated rings. The number of halogens is 1. The van der Waals surface area contributed by atoms with Crippen molar-refractivity contribution in [1.29, 1.82) is 0 Å². The molecule has 0 aromatic carbocycles. The second-order valence-corrected chi connectivity index (χ2v) is 9.18. The van der Waals surface area contributed by atoms with E-state index in [-0.39, 0.29) is 5.41 Å². The summed E-state index contributed by atoms with van der Waals surface area (Å²) in [5.41, 5.74) is 7.78. The van der Waals surface area contributed by atoms with Gasteiger partial charge in [0.25, 0.3) is 0 Å². The van der Waals surface area contributed by atoms with Crippen LogP contribution in [0.25, 0.3) is 0 Å². The van der Waals surface area contributed by atoms with E-state index in [1.165, 1.54) is 57.1 Å². The fourth-order valence-corrected chi connectivity index (χ4v) is 6.41. The van der Waals surface area contributed by atoms with Crippen molar-refractivity contribution >= 4 is 28.4 Å². The van der Waals surface area contributed by atoms with Gasteiger partial charge in [-0.25, -0.2) is 9.97 Å². The van der Waals surface area contributed by atoms with E-state index >= 15 is 0 Å². The van der Waals surface area contributed by atoms with Crippen LogP contribution in [0.5, 0.6) is 0 Å². The first-order valence-electron chi connectivity index (χ1n) is 8.46. The molecule has 0 spiro atoms. The molecule has 1 aromatic rings. The quantitative estimate of drug-likeness (QED) is 0.770. The molecule has 3 nitrogen and oxygen atoms in total. The van der Waals surface area contributed by atoms with Gasteiger partial charge < -0.3 is 5.73 Å². The highest BCUT2D eigenvalue weighted by Gasteiger charge is 2.53. The summed E-state index contributed by atoms with van der Waals surface area (Å²) >= 11 is 2.35. The van der Waals surface area contributed by atoms with Crippen molar-refractivity contribution < 1.29 is 0 Å². The Labute approximate surface area is 139 Å². The normalized spacial score (nSPS) is 40.7. The Morgan fingerprint density at radius 2 is 1.52 bits per heavy atom. The Balaban J connectivity index is 1.61. The highest BCUT2D eigenvalue weighted by atomic mass is 127. The van der Waals surface area contributed by atoms with E-state index in [4.69, 9.17) is 15.7 Å². The van der Waals surface area contributed by atoms with E-state index < -0.39 is 0 Å². The average molecular weight is 395 g/mol. The van der Waals surface area contributed by atoms with Gasteiger partial charge in [0.1, 0.15) is 11.6 Å². The maximum atomic E-state index is 6.25. The number of aromatic nitrogens is 2. The molecule has 5 saturated carbocycles. The van der Waals surface area contributed by atoms with Gasteiger partial charge in [0, 0.05) is 11.3 Å². The van der Waals surface area contributed by atoms with Crippen LogP contribution in [0.1, 0.15) is 68.8 Å². The first-order valence-corrected chi connectivity index (χ1v) is 9.54. The number of rotatable bonds is 2. The third kappa shape index (κ3) is 1.97. The van der Waals surface area contributed by atoms with E-state index in [2.05, 4.69) is 22.6 Å². The van der Waals surface area contributed by atoms with Crippen LogP contribution in [0.4, 0.5) is 5.82 Å². The number of nitrogen functional groups attached to an aromatic ring is 1. The Kier molecular flexibility index (Phi) is 2.70. The van der Waals surface area contributed by atoms with E-state index in [9.17, 15) is 0 Å². The predicted octanol–water partition coefficient (Wildman–Crippen LogP) is 4.01. The van der Waals surface area contributed by atoms with Crippen LogP contribution >= 0.6 is 22.6 Å². The van der Waals surface area contributed by atoms with Gasteiger partial charge in [-0.3, -0.25) is 0 Å². The number of hydrogen-bond donors (Lipinski definition) is 1. The van der Waals surface area contributed by atoms with Gasteiger partial charge in [0.15, 0.2) is 0 Å². The molecular formula is C17H22IN3. The second kappa shape index (κ2) is 4.33. The zero-order valence-corrected chi connectivity index (χ0v) is 14.5. The van der Waals surface area contributed by atoms with Gasteiger partial charge in [0.05, 0.1) is 9.26 Å². The SMILES string of the molecule is Nc1nc(C23CC4CC(CC(C4)C2)C3)nc(C2CC2)c1I. The van der Waals surface area contributed by atoms with Crippen molar-refractivity contribution in [3.63, 3.8) is 0 Å². The number of anilines is 1. The van der Waals surface area contributed by atoms with Crippen LogP contribution in [-0.2, 0) is 5.41 Å². The molecular weight excluding hydrogens is 373 g/mol. The molecule has 4 bridgehead atoms. The predicted molar refractivity (Wildman–Crippen MR) is 91.0 cm³/mol. The maximum Gasteiger partial charge on any atom is 0.140 e. The largest absolute Gasteiger partial charge is 0.383 e. The molecule has 4 heteroatoms. The monoisotopic (exact) mass is 395 g/mol. The van der Waals surface area contributed by atoms with Gasteiger partial charge in [-0.2, -0.15) is 0 Å². The minimum absolute atomic E-state index is 0.275. The Morgan fingerprint density at radius 3 is 2.05 bits per heavy atom. The molecule has 0 amide bonds. The highest BCUT2D eigenvalue weighted by Crippen LogP contribution is 2.60. The topological polar surface area (TPSA) is 51.8 Å². The Bertz CT molecular complexity index is 573. The zero-order chi connectivity index (χ0) is 14.2. The Morgan fingerprint density at radius 1 is 0.952 bits per heavy atom. The standard InChI is InChI=1S/C17H22IN3/c18-13-14(12-1-2-12)20-16(21-15(13)19)17-6-9-3-10(7-17)5-11(4-9)8-17/h9-12H,1-8H2,(H2,19,20,21). The molecule has 2 N–H and O–H groups in total. The molecule has 5 aliphatic carbocycles. The van der Waals surface area contributed by atoms with Crippen LogP contribution in [0.15, 0.2) is 0 Å². The second-order valence-electron chi connectivity index (χ2n) is 8.10. The molecule has 0 saturated heterocycles. The van der Waals surface area contributed by atoms with Crippen LogP contribution in [0, 0.1) is 21.3 Å². The summed E-state index contributed by atoms with van der Waals surface area (Å²) in [6, 6.07) is 0. The first kappa shape index (κ1) is 13.1. The van der Waals surface area contributed by atoms with Crippen LogP contribution in [-0.4, -0.2) is 9.97 Å². The van der Waals surface area contributed by atoms with Crippen molar-refractivity contribution in [1.82, 2.24) is 9.97 Å². The number of nitrogens with zero attached hydrogens (tertiary/aromatic N) is 2. The molecule has 21 heavy (non-hydrogen) atoms. The summed E-state index contributed by atoms with van der Waals surface area (Å²) in [4.78, 5) is 9.88. The first-order chi connectivity index (χ1) is 10.1. The van der Waals surface area contributed by atoms with Gasteiger partial charge in [-0.05, 0) is 91.7 Å². The minimum Gasteiger partial charge on any atom is -0.383 e. The van der Waals surface area contributed by atoms with Crippen molar-refractivity contribution in [2.24, 2.45) is 17.8 Å². The van der Waals surface area contributed by atoms with Crippen LogP contribution in [0.3, 0.4) is 0 Å². The van der Waals surface area contributed by atoms with Crippen molar-refractivity contribution in [2.75, 3.05) is 5.73 Å². The van der Waals surface area contributed by atoms with E-state index in [0.29, 0.717) is 5.92 Å². The van der Waals surface area contributed by atoms with E-state index in [0.717, 1.165) is 33.0 Å². The lowest BCUT2D eigenvalue weighted by Gasteiger charge is -2.56. The van der Waals surface area contributed by atoms with Crippen molar-refractivity contribution in [2.45, 2.75) is 62.7 Å². The lowest BCUT2D eigenvalue weighted by Crippen LogP contribution is -2.49. The maximum absolute atomic E-state index is 6.25. The zero-order valence-electron chi connectivity index (χ0n) is 12.3. The smallest absolute Gasteiger partial charge is 0.140 e. The fourth-order valence-electron chi connectivity index (χ4n) is 5.73. The summed E-state index contributed by atoms with van der Waals surface area (Å²) < 4.78 is 1.11. The Hall–Kier alpha value is -0.390.